The second-order valence-corrected chi connectivity index (χ2v) is 5.77. The Kier molecular flexibility index (Phi) is 3.66. The third-order valence-corrected chi connectivity index (χ3v) is 3.73. The van der Waals surface area contributed by atoms with E-state index in [1.54, 1.807) is 0 Å². The van der Waals surface area contributed by atoms with Crippen molar-refractivity contribution in [1.29, 1.82) is 0 Å². The molecule has 1 aromatic heterocycles. The maximum atomic E-state index is 12.1. The Morgan fingerprint density at radius 2 is 2.30 bits per heavy atom. The first-order valence-electron chi connectivity index (χ1n) is 6.98. The molecule has 1 saturated carbocycles. The van der Waals surface area contributed by atoms with Crippen LogP contribution in [0.4, 0.5) is 0 Å². The summed E-state index contributed by atoms with van der Waals surface area (Å²) in [6.07, 6.45) is 2.88. The number of nitrogens with zero attached hydrogens (tertiary/aromatic N) is 2. The number of halogens is 1. The third-order valence-electron chi connectivity index (χ3n) is 3.55. The van der Waals surface area contributed by atoms with Crippen molar-refractivity contribution in [3.8, 4) is 0 Å². The highest BCUT2D eigenvalue weighted by Gasteiger charge is 2.24. The number of nitrogens with one attached hydrogen (secondary N) is 1. The normalized spacial score (nSPS) is 14.7. The minimum atomic E-state index is 0.0594. The van der Waals surface area contributed by atoms with E-state index in [9.17, 15) is 4.79 Å². The summed E-state index contributed by atoms with van der Waals surface area (Å²) in [5.74, 6) is 1.45. The van der Waals surface area contributed by atoms with Crippen LogP contribution in [0.25, 0.3) is 11.0 Å². The van der Waals surface area contributed by atoms with E-state index < -0.39 is 0 Å². The second kappa shape index (κ2) is 5.44. The summed E-state index contributed by atoms with van der Waals surface area (Å²) in [6, 6.07) is 6.49. The molecule has 1 N–H and O–H groups in total. The summed E-state index contributed by atoms with van der Waals surface area (Å²) >= 11 is 5.84. The predicted octanol–water partition coefficient (Wildman–Crippen LogP) is 2.40. The van der Waals surface area contributed by atoms with Crippen molar-refractivity contribution < 1.29 is 4.79 Å². The van der Waals surface area contributed by atoms with Crippen LogP contribution in [-0.2, 0) is 17.8 Å². The van der Waals surface area contributed by atoms with E-state index in [1.165, 1.54) is 5.56 Å². The maximum absolute atomic E-state index is 12.1. The zero-order valence-electron chi connectivity index (χ0n) is 11.5. The van der Waals surface area contributed by atoms with Crippen LogP contribution in [0.15, 0.2) is 18.2 Å². The fraction of sp³-hybridized carbons (Fsp3) is 0.467. The molecule has 4 nitrogen and oxygen atoms in total. The van der Waals surface area contributed by atoms with Gasteiger partial charge in [-0.05, 0) is 37.5 Å². The highest BCUT2D eigenvalue weighted by Crippen LogP contribution is 2.20. The number of rotatable bonds is 5. The number of carbonyl (C=O) groups excluding carboxylic acids is 1. The van der Waals surface area contributed by atoms with Crippen molar-refractivity contribution in [2.45, 2.75) is 38.8 Å². The van der Waals surface area contributed by atoms with Crippen LogP contribution in [-0.4, -0.2) is 27.4 Å². The molecule has 3 rings (SSSR count). The van der Waals surface area contributed by atoms with E-state index >= 15 is 0 Å². The predicted molar refractivity (Wildman–Crippen MR) is 80.1 cm³/mol. The molecule has 5 heteroatoms. The molecule has 1 aliphatic carbocycles. The van der Waals surface area contributed by atoms with Crippen LogP contribution in [0.1, 0.15) is 24.2 Å². The molecule has 1 heterocycles. The molecule has 0 aliphatic heterocycles. The number of amides is 1. The summed E-state index contributed by atoms with van der Waals surface area (Å²) < 4.78 is 1.99. The first-order chi connectivity index (χ1) is 9.67. The molecule has 1 aromatic carbocycles. The Labute approximate surface area is 123 Å². The number of hydrogen-bond donors (Lipinski definition) is 1. The maximum Gasteiger partial charge on any atom is 0.240 e. The lowest BCUT2D eigenvalue weighted by Crippen LogP contribution is -2.29. The molecule has 0 radical (unpaired) electrons. The van der Waals surface area contributed by atoms with Gasteiger partial charge >= 0.3 is 0 Å². The molecule has 2 aromatic rings. The van der Waals surface area contributed by atoms with Gasteiger partial charge in [0, 0.05) is 18.3 Å². The SMILES string of the molecule is Cc1ccc2nc(CCCl)n(CC(=O)NC3CC3)c2c1. The van der Waals surface area contributed by atoms with Crippen molar-refractivity contribution in [3.05, 3.63) is 29.6 Å². The van der Waals surface area contributed by atoms with Crippen molar-refractivity contribution in [2.75, 3.05) is 5.88 Å². The van der Waals surface area contributed by atoms with Crippen LogP contribution in [0.3, 0.4) is 0 Å². The molecule has 1 amide bonds. The quantitative estimate of drug-likeness (QED) is 0.860. The molecule has 1 aliphatic rings. The molecule has 0 unspecified atom stereocenters. The lowest BCUT2D eigenvalue weighted by Gasteiger charge is -2.09. The smallest absolute Gasteiger partial charge is 0.240 e. The van der Waals surface area contributed by atoms with Gasteiger partial charge in [0.05, 0.1) is 11.0 Å². The molecule has 0 spiro atoms. The minimum absolute atomic E-state index is 0.0594. The summed E-state index contributed by atoms with van der Waals surface area (Å²) in [6.45, 7) is 2.37. The lowest BCUT2D eigenvalue weighted by molar-refractivity contribution is -0.121. The van der Waals surface area contributed by atoms with Crippen molar-refractivity contribution >= 4 is 28.5 Å². The van der Waals surface area contributed by atoms with Gasteiger partial charge in [-0.2, -0.15) is 0 Å². The molecule has 106 valence electrons. The van der Waals surface area contributed by atoms with E-state index in [-0.39, 0.29) is 5.91 Å². The Bertz CT molecular complexity index is 646. The Balaban J connectivity index is 1.93. The van der Waals surface area contributed by atoms with Gasteiger partial charge in [-0.3, -0.25) is 4.79 Å². The van der Waals surface area contributed by atoms with Gasteiger partial charge in [-0.1, -0.05) is 6.07 Å². The molecular formula is C15H18ClN3O. The van der Waals surface area contributed by atoms with Gasteiger partial charge in [-0.25, -0.2) is 4.98 Å². The zero-order chi connectivity index (χ0) is 14.1. The first kappa shape index (κ1) is 13.4. The number of aryl methyl sites for hydroxylation is 2. The fourth-order valence-electron chi connectivity index (χ4n) is 2.38. The summed E-state index contributed by atoms with van der Waals surface area (Å²) in [4.78, 5) is 16.6. The van der Waals surface area contributed by atoms with Gasteiger partial charge in [0.15, 0.2) is 0 Å². The van der Waals surface area contributed by atoms with Gasteiger partial charge in [0.25, 0.3) is 0 Å². The standard InChI is InChI=1S/C15H18ClN3O/c1-10-2-5-12-13(8-10)19(14(18-12)6-7-16)9-15(20)17-11-3-4-11/h2,5,8,11H,3-4,6-7,9H2,1H3,(H,17,20). The fourth-order valence-corrected chi connectivity index (χ4v) is 2.55. The van der Waals surface area contributed by atoms with Crippen LogP contribution < -0.4 is 5.32 Å². The zero-order valence-corrected chi connectivity index (χ0v) is 12.3. The Hall–Kier alpha value is -1.55. The molecule has 1 fully saturated rings. The number of carbonyl (C=O) groups is 1. The van der Waals surface area contributed by atoms with E-state index in [4.69, 9.17) is 11.6 Å². The van der Waals surface area contributed by atoms with Gasteiger partial charge in [0.2, 0.25) is 5.91 Å². The highest BCUT2D eigenvalue weighted by atomic mass is 35.5. The number of hydrogen-bond acceptors (Lipinski definition) is 2. The lowest BCUT2D eigenvalue weighted by atomic mass is 10.2. The first-order valence-corrected chi connectivity index (χ1v) is 7.52. The van der Waals surface area contributed by atoms with Crippen molar-refractivity contribution in [2.24, 2.45) is 0 Å². The molecule has 0 saturated heterocycles. The monoisotopic (exact) mass is 291 g/mol. The van der Waals surface area contributed by atoms with Crippen LogP contribution in [0, 0.1) is 6.92 Å². The van der Waals surface area contributed by atoms with Crippen LogP contribution >= 0.6 is 11.6 Å². The highest BCUT2D eigenvalue weighted by molar-refractivity contribution is 6.17. The van der Waals surface area contributed by atoms with Crippen molar-refractivity contribution in [3.63, 3.8) is 0 Å². The molecule has 0 bridgehead atoms. The van der Waals surface area contributed by atoms with E-state index in [1.807, 2.05) is 23.6 Å². The van der Waals surface area contributed by atoms with Crippen LogP contribution in [0.2, 0.25) is 0 Å². The molecule has 0 atom stereocenters. The van der Waals surface area contributed by atoms with Gasteiger partial charge < -0.3 is 9.88 Å². The minimum Gasteiger partial charge on any atom is -0.352 e. The largest absolute Gasteiger partial charge is 0.352 e. The third kappa shape index (κ3) is 2.80. The van der Waals surface area contributed by atoms with Crippen molar-refractivity contribution in [1.82, 2.24) is 14.9 Å². The summed E-state index contributed by atoms with van der Waals surface area (Å²) in [5.41, 5.74) is 3.10. The van der Waals surface area contributed by atoms with E-state index in [0.29, 0.717) is 24.9 Å². The van der Waals surface area contributed by atoms with Gasteiger partial charge in [-0.15, -0.1) is 11.6 Å². The van der Waals surface area contributed by atoms with Crippen LogP contribution in [0.5, 0.6) is 0 Å². The molecule has 20 heavy (non-hydrogen) atoms. The second-order valence-electron chi connectivity index (χ2n) is 5.39. The average molecular weight is 292 g/mol. The summed E-state index contributed by atoms with van der Waals surface area (Å²) in [7, 11) is 0. The Morgan fingerprint density at radius 1 is 1.50 bits per heavy atom. The number of aromatic nitrogens is 2. The topological polar surface area (TPSA) is 46.9 Å². The number of imidazole rings is 1. The molecular weight excluding hydrogens is 274 g/mol. The van der Waals surface area contributed by atoms with E-state index in [0.717, 1.165) is 29.7 Å². The number of fused-ring (bicyclic) bond motifs is 1. The summed E-state index contributed by atoms with van der Waals surface area (Å²) in [5, 5.41) is 3.02. The Morgan fingerprint density at radius 3 is 3.00 bits per heavy atom. The van der Waals surface area contributed by atoms with Gasteiger partial charge in [0.1, 0.15) is 12.4 Å². The number of alkyl halides is 1. The average Bonchev–Trinajstić information content (AvgIpc) is 3.15. The van der Waals surface area contributed by atoms with E-state index in [2.05, 4.69) is 16.4 Å². The number of benzene rings is 1.